The molecule has 5 nitrogen and oxygen atoms in total. The normalized spacial score (nSPS) is 15.1. The SMILES string of the molecule is Cc1cccc(-n2c(SC(C)C(=O)N3CCCC3)nc3cc(Cl)ccc3c2=O)c1. The van der Waals surface area contributed by atoms with Crippen LogP contribution < -0.4 is 5.56 Å². The van der Waals surface area contributed by atoms with Crippen molar-refractivity contribution in [2.45, 2.75) is 37.1 Å². The van der Waals surface area contributed by atoms with E-state index in [1.54, 1.807) is 22.8 Å². The molecule has 7 heteroatoms. The molecule has 3 aromatic rings. The number of likely N-dealkylation sites (tertiary alicyclic amines) is 1. The minimum Gasteiger partial charge on any atom is -0.342 e. The number of thioether (sulfide) groups is 1. The second-order valence-electron chi connectivity index (χ2n) is 7.33. The van der Waals surface area contributed by atoms with Crippen molar-refractivity contribution in [2.24, 2.45) is 0 Å². The maximum atomic E-state index is 13.4. The fourth-order valence-corrected chi connectivity index (χ4v) is 4.79. The molecule has 0 saturated carbocycles. The highest BCUT2D eigenvalue weighted by molar-refractivity contribution is 8.00. The first-order valence-corrected chi connectivity index (χ1v) is 10.9. The number of rotatable bonds is 4. The van der Waals surface area contributed by atoms with Gasteiger partial charge in [0.2, 0.25) is 5.91 Å². The largest absolute Gasteiger partial charge is 0.342 e. The summed E-state index contributed by atoms with van der Waals surface area (Å²) in [6.07, 6.45) is 2.09. The lowest BCUT2D eigenvalue weighted by atomic mass is 10.2. The Labute approximate surface area is 178 Å². The summed E-state index contributed by atoms with van der Waals surface area (Å²) in [4.78, 5) is 32.8. The van der Waals surface area contributed by atoms with Crippen molar-refractivity contribution in [1.29, 1.82) is 0 Å². The fourth-order valence-electron chi connectivity index (χ4n) is 3.62. The van der Waals surface area contributed by atoms with Crippen LogP contribution in [0.1, 0.15) is 25.3 Å². The first-order valence-electron chi connectivity index (χ1n) is 9.69. The van der Waals surface area contributed by atoms with Crippen LogP contribution in [0.4, 0.5) is 0 Å². The molecule has 1 atom stereocenters. The number of benzene rings is 2. The van der Waals surface area contributed by atoms with E-state index in [0.717, 1.165) is 37.2 Å². The molecular weight excluding hydrogens is 406 g/mol. The monoisotopic (exact) mass is 427 g/mol. The Morgan fingerprint density at radius 1 is 1.17 bits per heavy atom. The highest BCUT2D eigenvalue weighted by atomic mass is 35.5. The fraction of sp³-hybridized carbons (Fsp3) is 0.318. The van der Waals surface area contributed by atoms with Crippen molar-refractivity contribution in [1.82, 2.24) is 14.5 Å². The van der Waals surface area contributed by atoms with Crippen molar-refractivity contribution in [3.63, 3.8) is 0 Å². The number of amides is 1. The van der Waals surface area contributed by atoms with Crippen molar-refractivity contribution in [3.05, 3.63) is 63.4 Å². The molecule has 0 aliphatic carbocycles. The van der Waals surface area contributed by atoms with Crippen LogP contribution in [-0.4, -0.2) is 38.7 Å². The molecule has 2 heterocycles. The lowest BCUT2D eigenvalue weighted by Gasteiger charge is -2.21. The summed E-state index contributed by atoms with van der Waals surface area (Å²) in [6.45, 7) is 5.46. The van der Waals surface area contributed by atoms with Gasteiger partial charge in [0.15, 0.2) is 5.16 Å². The van der Waals surface area contributed by atoms with Gasteiger partial charge in [0.05, 0.1) is 21.8 Å². The third kappa shape index (κ3) is 4.05. The molecular formula is C22H22ClN3O2S. The number of aryl methyl sites for hydroxylation is 1. The minimum absolute atomic E-state index is 0.0868. The zero-order chi connectivity index (χ0) is 20.5. The van der Waals surface area contributed by atoms with Gasteiger partial charge in [0.25, 0.3) is 5.56 Å². The Kier molecular flexibility index (Phi) is 5.65. The molecule has 0 radical (unpaired) electrons. The van der Waals surface area contributed by atoms with Crippen LogP contribution >= 0.6 is 23.4 Å². The molecule has 0 bridgehead atoms. The third-order valence-electron chi connectivity index (χ3n) is 5.11. The highest BCUT2D eigenvalue weighted by Crippen LogP contribution is 2.28. The lowest BCUT2D eigenvalue weighted by Crippen LogP contribution is -2.34. The average Bonchev–Trinajstić information content (AvgIpc) is 3.22. The zero-order valence-corrected chi connectivity index (χ0v) is 18.0. The Morgan fingerprint density at radius 2 is 1.93 bits per heavy atom. The Hall–Kier alpha value is -2.31. The number of carbonyl (C=O) groups is 1. The van der Waals surface area contributed by atoms with E-state index in [-0.39, 0.29) is 16.7 Å². The number of aromatic nitrogens is 2. The quantitative estimate of drug-likeness (QED) is 0.456. The van der Waals surface area contributed by atoms with E-state index in [4.69, 9.17) is 16.6 Å². The number of nitrogens with zero attached hydrogens (tertiary/aromatic N) is 3. The summed E-state index contributed by atoms with van der Waals surface area (Å²) < 4.78 is 1.60. The van der Waals surface area contributed by atoms with E-state index in [0.29, 0.717) is 21.1 Å². The maximum Gasteiger partial charge on any atom is 0.266 e. The van der Waals surface area contributed by atoms with Gasteiger partial charge in [-0.15, -0.1) is 0 Å². The molecule has 1 aliphatic rings. The molecule has 2 aromatic carbocycles. The van der Waals surface area contributed by atoms with Gasteiger partial charge in [-0.1, -0.05) is 35.5 Å². The number of carbonyl (C=O) groups excluding carboxylic acids is 1. The molecule has 1 aliphatic heterocycles. The molecule has 0 spiro atoms. The van der Waals surface area contributed by atoms with E-state index in [2.05, 4.69) is 0 Å². The predicted octanol–water partition coefficient (Wildman–Crippen LogP) is 4.45. The summed E-state index contributed by atoms with van der Waals surface area (Å²) in [5.74, 6) is 0.0868. The van der Waals surface area contributed by atoms with Crippen molar-refractivity contribution < 1.29 is 4.79 Å². The molecule has 150 valence electrons. The van der Waals surface area contributed by atoms with E-state index in [9.17, 15) is 9.59 Å². The van der Waals surface area contributed by atoms with Gasteiger partial charge < -0.3 is 4.90 Å². The second-order valence-corrected chi connectivity index (χ2v) is 9.07. The number of fused-ring (bicyclic) bond motifs is 1. The maximum absolute atomic E-state index is 13.4. The lowest BCUT2D eigenvalue weighted by molar-refractivity contribution is -0.129. The molecule has 4 rings (SSSR count). The Morgan fingerprint density at radius 3 is 2.66 bits per heavy atom. The van der Waals surface area contributed by atoms with Gasteiger partial charge >= 0.3 is 0 Å². The van der Waals surface area contributed by atoms with Gasteiger partial charge in [-0.25, -0.2) is 4.98 Å². The summed E-state index contributed by atoms with van der Waals surface area (Å²) in [5.41, 5.74) is 2.15. The predicted molar refractivity (Wildman–Crippen MR) is 118 cm³/mol. The molecule has 1 fully saturated rings. The van der Waals surface area contributed by atoms with Gasteiger partial charge in [0, 0.05) is 18.1 Å². The van der Waals surface area contributed by atoms with Crippen molar-refractivity contribution >= 4 is 40.2 Å². The smallest absolute Gasteiger partial charge is 0.266 e. The molecule has 1 aromatic heterocycles. The molecule has 29 heavy (non-hydrogen) atoms. The van der Waals surface area contributed by atoms with E-state index >= 15 is 0 Å². The molecule has 1 saturated heterocycles. The third-order valence-corrected chi connectivity index (χ3v) is 6.38. The summed E-state index contributed by atoms with van der Waals surface area (Å²) in [6, 6.07) is 12.8. The molecule has 1 amide bonds. The van der Waals surface area contributed by atoms with Crippen LogP contribution in [0, 0.1) is 6.92 Å². The van der Waals surface area contributed by atoms with Crippen LogP contribution in [0.5, 0.6) is 0 Å². The van der Waals surface area contributed by atoms with Gasteiger partial charge in [-0.05, 0) is 62.6 Å². The second kappa shape index (κ2) is 8.20. The van der Waals surface area contributed by atoms with Crippen LogP contribution in [0.2, 0.25) is 5.02 Å². The summed E-state index contributed by atoms with van der Waals surface area (Å²) in [7, 11) is 0. The van der Waals surface area contributed by atoms with Crippen LogP contribution in [0.3, 0.4) is 0 Å². The summed E-state index contributed by atoms with van der Waals surface area (Å²) in [5, 5.41) is 1.18. The Bertz CT molecular complexity index is 1140. The first kappa shape index (κ1) is 20.0. The summed E-state index contributed by atoms with van der Waals surface area (Å²) >= 11 is 7.45. The van der Waals surface area contributed by atoms with Gasteiger partial charge in [-0.2, -0.15) is 0 Å². The highest BCUT2D eigenvalue weighted by Gasteiger charge is 2.26. The van der Waals surface area contributed by atoms with Crippen molar-refractivity contribution in [2.75, 3.05) is 13.1 Å². The standard InChI is InChI=1S/C22H22ClN3O2S/c1-14-6-5-7-17(12-14)26-21(28)18-9-8-16(23)13-19(18)24-22(26)29-15(2)20(27)25-10-3-4-11-25/h5-9,12-13,15H,3-4,10-11H2,1-2H3. The molecule has 1 unspecified atom stereocenters. The number of halogens is 1. The number of hydrogen-bond acceptors (Lipinski definition) is 4. The van der Waals surface area contributed by atoms with Crippen LogP contribution in [-0.2, 0) is 4.79 Å². The van der Waals surface area contributed by atoms with E-state index in [1.165, 1.54) is 11.8 Å². The van der Waals surface area contributed by atoms with Crippen LogP contribution in [0.25, 0.3) is 16.6 Å². The minimum atomic E-state index is -0.340. The van der Waals surface area contributed by atoms with Crippen LogP contribution in [0.15, 0.2) is 52.4 Å². The van der Waals surface area contributed by atoms with E-state index in [1.807, 2.05) is 43.0 Å². The van der Waals surface area contributed by atoms with E-state index < -0.39 is 0 Å². The van der Waals surface area contributed by atoms with Gasteiger partial charge in [0.1, 0.15) is 0 Å². The Balaban J connectivity index is 1.83. The first-order chi connectivity index (χ1) is 13.9. The average molecular weight is 428 g/mol. The molecule has 0 N–H and O–H groups in total. The topological polar surface area (TPSA) is 55.2 Å². The number of hydrogen-bond donors (Lipinski definition) is 0. The zero-order valence-electron chi connectivity index (χ0n) is 16.4. The van der Waals surface area contributed by atoms with Crippen molar-refractivity contribution in [3.8, 4) is 5.69 Å². The van der Waals surface area contributed by atoms with Gasteiger partial charge in [-0.3, -0.25) is 14.2 Å².